The van der Waals surface area contributed by atoms with Crippen LogP contribution in [-0.4, -0.2) is 42.9 Å². The Kier molecular flexibility index (Phi) is 3.38. The van der Waals surface area contributed by atoms with Gasteiger partial charge in [0.25, 0.3) is 0 Å². The van der Waals surface area contributed by atoms with E-state index in [0.717, 1.165) is 24.8 Å². The van der Waals surface area contributed by atoms with Crippen molar-refractivity contribution >= 4 is 32.4 Å². The lowest BCUT2D eigenvalue weighted by Gasteiger charge is -2.23. The number of rotatable bonds is 2. The topological polar surface area (TPSA) is 62.3 Å². The zero-order chi connectivity index (χ0) is 15.3. The molecule has 4 rings (SSSR count). The maximum atomic E-state index is 13.2. The van der Waals surface area contributed by atoms with E-state index in [4.69, 9.17) is 11.6 Å². The summed E-state index contributed by atoms with van der Waals surface area (Å²) in [4.78, 5) is 4.32. The van der Waals surface area contributed by atoms with Crippen LogP contribution in [-0.2, 0) is 10.0 Å². The second kappa shape index (κ2) is 5.16. The number of aromatic nitrogens is 1. The molecule has 5 nitrogen and oxygen atoms in total. The number of benzene rings is 1. The number of fused-ring (bicyclic) bond motifs is 2. The van der Waals surface area contributed by atoms with Crippen LogP contribution in [0.3, 0.4) is 0 Å². The summed E-state index contributed by atoms with van der Waals surface area (Å²) in [5.74, 6) is 0. The Morgan fingerprint density at radius 2 is 2.14 bits per heavy atom. The van der Waals surface area contributed by atoms with Crippen molar-refractivity contribution in [2.45, 2.75) is 29.8 Å². The van der Waals surface area contributed by atoms with E-state index in [-0.39, 0.29) is 17.0 Å². The summed E-state index contributed by atoms with van der Waals surface area (Å²) in [5, 5.41) is 5.06. The highest BCUT2D eigenvalue weighted by atomic mass is 35.5. The average molecular weight is 338 g/mol. The van der Waals surface area contributed by atoms with Crippen molar-refractivity contribution in [3.05, 3.63) is 35.6 Å². The first-order valence-electron chi connectivity index (χ1n) is 7.36. The number of sulfonamides is 1. The molecule has 2 aliphatic rings. The summed E-state index contributed by atoms with van der Waals surface area (Å²) >= 11 is 6.23. The van der Waals surface area contributed by atoms with Gasteiger partial charge in [-0.2, -0.15) is 4.31 Å². The van der Waals surface area contributed by atoms with Crippen molar-refractivity contribution in [1.29, 1.82) is 0 Å². The second-order valence-corrected chi connectivity index (χ2v) is 8.06. The van der Waals surface area contributed by atoms with Crippen LogP contribution in [0.2, 0.25) is 5.02 Å². The van der Waals surface area contributed by atoms with E-state index in [9.17, 15) is 8.42 Å². The molecule has 0 amide bonds. The first-order chi connectivity index (χ1) is 10.6. The fourth-order valence-corrected chi connectivity index (χ4v) is 5.89. The van der Waals surface area contributed by atoms with Crippen LogP contribution in [0.5, 0.6) is 0 Å². The molecule has 2 atom stereocenters. The highest BCUT2D eigenvalue weighted by molar-refractivity contribution is 7.89. The maximum absolute atomic E-state index is 13.2. The van der Waals surface area contributed by atoms with Crippen molar-refractivity contribution in [3.63, 3.8) is 0 Å². The molecule has 1 aromatic carbocycles. The minimum atomic E-state index is -3.56. The van der Waals surface area contributed by atoms with Gasteiger partial charge < -0.3 is 5.32 Å². The third-order valence-corrected chi connectivity index (χ3v) is 6.88. The average Bonchev–Trinajstić information content (AvgIpc) is 3.09. The number of nitrogens with one attached hydrogen (secondary N) is 1. The Hall–Kier alpha value is -1.21. The van der Waals surface area contributed by atoms with Gasteiger partial charge in [0.1, 0.15) is 0 Å². The van der Waals surface area contributed by atoms with Crippen molar-refractivity contribution in [3.8, 4) is 0 Å². The largest absolute Gasteiger partial charge is 0.312 e. The van der Waals surface area contributed by atoms with E-state index < -0.39 is 10.0 Å². The van der Waals surface area contributed by atoms with E-state index >= 15 is 0 Å². The van der Waals surface area contributed by atoms with E-state index in [0.29, 0.717) is 17.0 Å². The smallest absolute Gasteiger partial charge is 0.244 e. The van der Waals surface area contributed by atoms with Crippen LogP contribution in [0, 0.1) is 0 Å². The van der Waals surface area contributed by atoms with Crippen LogP contribution >= 0.6 is 11.6 Å². The SMILES string of the molecule is O=S(=O)(c1cccc2cncc(Cl)c12)N1CC[C@@H]2NCCC21. The zero-order valence-electron chi connectivity index (χ0n) is 11.9. The van der Waals surface area contributed by atoms with Gasteiger partial charge in [-0.1, -0.05) is 23.7 Å². The molecule has 2 saturated heterocycles. The molecule has 2 aliphatic heterocycles. The molecule has 1 aromatic heterocycles. The molecule has 3 heterocycles. The number of pyridine rings is 1. The van der Waals surface area contributed by atoms with Gasteiger partial charge >= 0.3 is 0 Å². The van der Waals surface area contributed by atoms with E-state index in [2.05, 4.69) is 10.3 Å². The van der Waals surface area contributed by atoms with Crippen molar-refractivity contribution in [2.75, 3.05) is 13.1 Å². The Morgan fingerprint density at radius 3 is 3.00 bits per heavy atom. The molecule has 2 aromatic rings. The first kappa shape index (κ1) is 14.4. The first-order valence-corrected chi connectivity index (χ1v) is 9.18. The van der Waals surface area contributed by atoms with Gasteiger partial charge in [-0.15, -0.1) is 0 Å². The van der Waals surface area contributed by atoms with Crippen LogP contribution in [0.1, 0.15) is 12.8 Å². The molecule has 0 saturated carbocycles. The summed E-state index contributed by atoms with van der Waals surface area (Å²) in [6.45, 7) is 1.44. The molecule has 22 heavy (non-hydrogen) atoms. The minimum absolute atomic E-state index is 0.0564. The Balaban J connectivity index is 1.88. The minimum Gasteiger partial charge on any atom is -0.312 e. The van der Waals surface area contributed by atoms with Gasteiger partial charge in [-0.25, -0.2) is 8.42 Å². The van der Waals surface area contributed by atoms with E-state index in [1.165, 1.54) is 6.20 Å². The van der Waals surface area contributed by atoms with Crippen molar-refractivity contribution in [2.24, 2.45) is 0 Å². The third kappa shape index (κ3) is 2.06. The predicted molar refractivity (Wildman–Crippen MR) is 85.5 cm³/mol. The lowest BCUT2D eigenvalue weighted by atomic mass is 10.1. The highest BCUT2D eigenvalue weighted by Crippen LogP contribution is 2.35. The molecule has 0 aliphatic carbocycles. The lowest BCUT2D eigenvalue weighted by Crippen LogP contribution is -2.38. The quantitative estimate of drug-likeness (QED) is 0.910. The van der Waals surface area contributed by atoms with Gasteiger partial charge in [0, 0.05) is 41.8 Å². The summed E-state index contributed by atoms with van der Waals surface area (Å²) < 4.78 is 28.0. The Labute approximate surface area is 134 Å². The zero-order valence-corrected chi connectivity index (χ0v) is 13.4. The van der Waals surface area contributed by atoms with Crippen LogP contribution in [0.15, 0.2) is 35.5 Å². The molecule has 1 N–H and O–H groups in total. The van der Waals surface area contributed by atoms with Gasteiger partial charge in [-0.3, -0.25) is 4.98 Å². The molecule has 2 fully saturated rings. The summed E-state index contributed by atoms with van der Waals surface area (Å²) in [6.07, 6.45) is 4.87. The summed E-state index contributed by atoms with van der Waals surface area (Å²) in [6, 6.07) is 5.55. The summed E-state index contributed by atoms with van der Waals surface area (Å²) in [7, 11) is -3.56. The third-order valence-electron chi connectivity index (χ3n) is 4.63. The van der Waals surface area contributed by atoms with Gasteiger partial charge in [-0.05, 0) is 25.5 Å². The number of hydrogen-bond acceptors (Lipinski definition) is 4. The van der Waals surface area contributed by atoms with Crippen molar-refractivity contribution in [1.82, 2.24) is 14.6 Å². The van der Waals surface area contributed by atoms with Gasteiger partial charge in [0.05, 0.1) is 9.92 Å². The summed E-state index contributed by atoms with van der Waals surface area (Å²) in [5.41, 5.74) is 0. The van der Waals surface area contributed by atoms with E-state index in [1.807, 2.05) is 6.07 Å². The van der Waals surface area contributed by atoms with Crippen LogP contribution in [0.25, 0.3) is 10.8 Å². The predicted octanol–water partition coefficient (Wildman–Crippen LogP) is 2.01. The fraction of sp³-hybridized carbons (Fsp3) is 0.400. The monoisotopic (exact) mass is 337 g/mol. The molecule has 116 valence electrons. The Morgan fingerprint density at radius 1 is 1.27 bits per heavy atom. The number of hydrogen-bond donors (Lipinski definition) is 1. The lowest BCUT2D eigenvalue weighted by molar-refractivity contribution is 0.386. The maximum Gasteiger partial charge on any atom is 0.244 e. The Bertz CT molecular complexity index is 835. The molecule has 0 bridgehead atoms. The molecule has 7 heteroatoms. The molecular weight excluding hydrogens is 322 g/mol. The van der Waals surface area contributed by atoms with E-state index in [1.54, 1.807) is 22.6 Å². The number of nitrogens with zero attached hydrogens (tertiary/aromatic N) is 2. The fourth-order valence-electron chi connectivity index (χ4n) is 3.62. The normalized spacial score (nSPS) is 25.7. The van der Waals surface area contributed by atoms with Crippen LogP contribution in [0.4, 0.5) is 0 Å². The van der Waals surface area contributed by atoms with Gasteiger partial charge in [0.2, 0.25) is 10.0 Å². The molecule has 0 spiro atoms. The molecule has 0 radical (unpaired) electrons. The van der Waals surface area contributed by atoms with Gasteiger partial charge in [0.15, 0.2) is 0 Å². The van der Waals surface area contributed by atoms with Crippen molar-refractivity contribution < 1.29 is 8.42 Å². The second-order valence-electron chi connectivity index (χ2n) is 5.80. The standard InChI is InChI=1S/C15H16ClN3O2S/c16-11-9-17-8-10-2-1-3-14(15(10)11)22(20,21)19-7-5-12-13(19)4-6-18-12/h1-3,8-9,12-13,18H,4-7H2/t12-,13?/m0/s1. The molecular formula is C15H16ClN3O2S. The van der Waals surface area contributed by atoms with Crippen LogP contribution < -0.4 is 5.32 Å². The number of halogens is 1. The highest BCUT2D eigenvalue weighted by Gasteiger charge is 2.44. The molecule has 1 unspecified atom stereocenters.